The highest BCUT2D eigenvalue weighted by Gasteiger charge is 2.10. The Morgan fingerprint density at radius 2 is 1.92 bits per heavy atom. The third-order valence-electron chi connectivity index (χ3n) is 3.92. The minimum absolute atomic E-state index is 0.156. The van der Waals surface area contributed by atoms with Crippen LogP contribution in [0.5, 0.6) is 0 Å². The van der Waals surface area contributed by atoms with E-state index in [-0.39, 0.29) is 11.6 Å². The van der Waals surface area contributed by atoms with Gasteiger partial charge in [-0.05, 0) is 35.9 Å². The van der Waals surface area contributed by atoms with Crippen LogP contribution in [-0.2, 0) is 6.54 Å². The van der Waals surface area contributed by atoms with Crippen molar-refractivity contribution in [3.8, 4) is 0 Å². The number of hydrogen-bond acceptors (Lipinski definition) is 3. The monoisotopic (exact) mass is 318 g/mol. The molecule has 2 aromatic heterocycles. The third-order valence-corrected chi connectivity index (χ3v) is 3.92. The molecule has 118 valence electrons. The van der Waals surface area contributed by atoms with Crippen LogP contribution in [0.15, 0.2) is 59.5 Å². The summed E-state index contributed by atoms with van der Waals surface area (Å²) in [7, 11) is 0. The second kappa shape index (κ2) is 5.66. The van der Waals surface area contributed by atoms with E-state index in [0.29, 0.717) is 12.1 Å². The summed E-state index contributed by atoms with van der Waals surface area (Å²) in [6.07, 6.45) is 1.71. The maximum atomic E-state index is 12.5. The molecule has 2 heterocycles. The summed E-state index contributed by atoms with van der Waals surface area (Å²) < 4.78 is 0. The van der Waals surface area contributed by atoms with Gasteiger partial charge in [0.2, 0.25) is 0 Å². The van der Waals surface area contributed by atoms with Crippen LogP contribution in [0.2, 0.25) is 0 Å². The van der Waals surface area contributed by atoms with Crippen LogP contribution in [0.3, 0.4) is 0 Å². The average Bonchev–Trinajstić information content (AvgIpc) is 2.98. The van der Waals surface area contributed by atoms with Crippen LogP contribution >= 0.6 is 0 Å². The van der Waals surface area contributed by atoms with E-state index in [1.807, 2.05) is 42.5 Å². The highest BCUT2D eigenvalue weighted by molar-refractivity contribution is 6.06. The molecule has 0 bridgehead atoms. The van der Waals surface area contributed by atoms with Crippen LogP contribution in [0, 0.1) is 0 Å². The number of hydrogen-bond donors (Lipinski definition) is 3. The van der Waals surface area contributed by atoms with Gasteiger partial charge in [-0.25, -0.2) is 4.79 Å². The predicted molar refractivity (Wildman–Crippen MR) is 91.8 cm³/mol. The lowest BCUT2D eigenvalue weighted by molar-refractivity contribution is 0.0952. The van der Waals surface area contributed by atoms with Crippen molar-refractivity contribution in [1.29, 1.82) is 0 Å². The Kier molecular flexibility index (Phi) is 3.35. The molecule has 6 nitrogen and oxygen atoms in total. The summed E-state index contributed by atoms with van der Waals surface area (Å²) in [5.74, 6) is -0.156. The highest BCUT2D eigenvalue weighted by atomic mass is 16.1. The van der Waals surface area contributed by atoms with Crippen molar-refractivity contribution < 1.29 is 4.79 Å². The third kappa shape index (κ3) is 2.54. The van der Waals surface area contributed by atoms with E-state index in [4.69, 9.17) is 0 Å². The minimum Gasteiger partial charge on any atom is -0.348 e. The van der Waals surface area contributed by atoms with Crippen molar-refractivity contribution in [2.75, 3.05) is 0 Å². The molecule has 0 atom stereocenters. The van der Waals surface area contributed by atoms with E-state index in [1.54, 1.807) is 12.3 Å². The summed E-state index contributed by atoms with van der Waals surface area (Å²) in [6.45, 7) is 0.374. The maximum Gasteiger partial charge on any atom is 0.323 e. The Hall–Kier alpha value is -3.41. The summed E-state index contributed by atoms with van der Waals surface area (Å²) >= 11 is 0. The normalized spacial score (nSPS) is 11.0. The van der Waals surface area contributed by atoms with Gasteiger partial charge in [0, 0.05) is 23.7 Å². The van der Waals surface area contributed by atoms with Gasteiger partial charge in [0.25, 0.3) is 5.91 Å². The molecule has 0 aliphatic carbocycles. The zero-order valence-corrected chi connectivity index (χ0v) is 12.7. The number of aromatic amines is 2. The van der Waals surface area contributed by atoms with Gasteiger partial charge in [-0.2, -0.15) is 0 Å². The van der Waals surface area contributed by atoms with Crippen molar-refractivity contribution >= 4 is 27.8 Å². The van der Waals surface area contributed by atoms with Gasteiger partial charge >= 0.3 is 5.69 Å². The summed E-state index contributed by atoms with van der Waals surface area (Å²) in [5, 5.41) is 3.73. The molecule has 0 spiro atoms. The lowest BCUT2D eigenvalue weighted by atomic mass is 10.1. The molecule has 2 aromatic carbocycles. The lowest BCUT2D eigenvalue weighted by Crippen LogP contribution is -2.23. The fourth-order valence-corrected chi connectivity index (χ4v) is 2.77. The van der Waals surface area contributed by atoms with E-state index in [9.17, 15) is 9.59 Å². The molecular weight excluding hydrogens is 304 g/mol. The molecule has 0 saturated carbocycles. The number of aromatic nitrogens is 3. The topological polar surface area (TPSA) is 90.6 Å². The molecule has 3 N–H and O–H groups in total. The predicted octanol–water partition coefficient (Wildman–Crippen LogP) is 2.33. The van der Waals surface area contributed by atoms with Crippen molar-refractivity contribution in [3.63, 3.8) is 0 Å². The number of rotatable bonds is 3. The van der Waals surface area contributed by atoms with Gasteiger partial charge < -0.3 is 15.3 Å². The standard InChI is InChI=1S/C18H14N4O2/c23-17(13-3-1-5-14-12(13)4-2-8-19-14)20-10-11-6-7-15-16(9-11)22-18(24)21-15/h1-9H,10H2,(H,20,23)(H2,21,22,24). The molecular formula is C18H14N4O2. The van der Waals surface area contributed by atoms with Gasteiger partial charge in [0.1, 0.15) is 0 Å². The first-order chi connectivity index (χ1) is 11.7. The van der Waals surface area contributed by atoms with E-state index in [0.717, 1.165) is 27.5 Å². The van der Waals surface area contributed by atoms with E-state index >= 15 is 0 Å². The van der Waals surface area contributed by atoms with Gasteiger partial charge in [-0.15, -0.1) is 0 Å². The van der Waals surface area contributed by atoms with Crippen molar-refractivity contribution in [2.24, 2.45) is 0 Å². The van der Waals surface area contributed by atoms with E-state index in [2.05, 4.69) is 20.3 Å². The Labute approximate surface area is 136 Å². The van der Waals surface area contributed by atoms with E-state index in [1.165, 1.54) is 0 Å². The second-order valence-electron chi connectivity index (χ2n) is 5.52. The molecule has 4 rings (SSSR count). The lowest BCUT2D eigenvalue weighted by Gasteiger charge is -2.08. The Morgan fingerprint density at radius 1 is 1.04 bits per heavy atom. The number of carbonyl (C=O) groups excluding carboxylic acids is 1. The molecule has 0 unspecified atom stereocenters. The van der Waals surface area contributed by atoms with Gasteiger partial charge in [-0.3, -0.25) is 9.78 Å². The number of imidazole rings is 1. The molecule has 0 saturated heterocycles. The number of H-pyrrole nitrogens is 2. The maximum absolute atomic E-state index is 12.5. The zero-order valence-electron chi connectivity index (χ0n) is 12.7. The quantitative estimate of drug-likeness (QED) is 0.541. The van der Waals surface area contributed by atoms with Gasteiger partial charge in [0.15, 0.2) is 0 Å². The zero-order chi connectivity index (χ0) is 16.5. The van der Waals surface area contributed by atoms with Crippen LogP contribution in [0.1, 0.15) is 15.9 Å². The molecule has 0 fully saturated rings. The number of carbonyl (C=O) groups is 1. The van der Waals surface area contributed by atoms with Crippen molar-refractivity contribution in [3.05, 3.63) is 76.3 Å². The number of pyridine rings is 1. The Balaban J connectivity index is 1.57. The molecule has 1 amide bonds. The molecule has 4 aromatic rings. The summed E-state index contributed by atoms with van der Waals surface area (Å²) in [4.78, 5) is 33.4. The number of amides is 1. The average molecular weight is 318 g/mol. The largest absolute Gasteiger partial charge is 0.348 e. The fraction of sp³-hybridized carbons (Fsp3) is 0.0556. The van der Waals surface area contributed by atoms with Gasteiger partial charge in [-0.1, -0.05) is 18.2 Å². The minimum atomic E-state index is -0.241. The smallest absolute Gasteiger partial charge is 0.323 e. The van der Waals surface area contributed by atoms with Crippen LogP contribution < -0.4 is 11.0 Å². The number of nitrogens with zero attached hydrogens (tertiary/aromatic N) is 1. The number of nitrogens with one attached hydrogen (secondary N) is 3. The van der Waals surface area contributed by atoms with Crippen LogP contribution in [0.4, 0.5) is 0 Å². The number of benzene rings is 2. The van der Waals surface area contributed by atoms with E-state index < -0.39 is 0 Å². The molecule has 0 aliphatic rings. The first-order valence-corrected chi connectivity index (χ1v) is 7.53. The molecule has 0 aliphatic heterocycles. The highest BCUT2D eigenvalue weighted by Crippen LogP contribution is 2.16. The van der Waals surface area contributed by atoms with Gasteiger partial charge in [0.05, 0.1) is 16.6 Å². The summed E-state index contributed by atoms with van der Waals surface area (Å²) in [5.41, 5.74) is 3.52. The van der Waals surface area contributed by atoms with Crippen LogP contribution in [-0.4, -0.2) is 20.9 Å². The SMILES string of the molecule is O=C(NCc1ccc2[nH]c(=O)[nH]c2c1)c1cccc2ncccc12. The molecule has 0 radical (unpaired) electrons. The number of fused-ring (bicyclic) bond motifs is 2. The first kappa shape index (κ1) is 14.2. The Bertz CT molecular complexity index is 1110. The molecule has 6 heteroatoms. The summed E-state index contributed by atoms with van der Waals surface area (Å²) in [6, 6.07) is 14.7. The first-order valence-electron chi connectivity index (χ1n) is 7.53. The Morgan fingerprint density at radius 3 is 2.83 bits per heavy atom. The molecule has 24 heavy (non-hydrogen) atoms. The second-order valence-corrected chi connectivity index (χ2v) is 5.52. The van der Waals surface area contributed by atoms with Crippen molar-refractivity contribution in [1.82, 2.24) is 20.3 Å². The van der Waals surface area contributed by atoms with Crippen LogP contribution in [0.25, 0.3) is 21.9 Å². The van der Waals surface area contributed by atoms with Crippen molar-refractivity contribution in [2.45, 2.75) is 6.54 Å². The fourth-order valence-electron chi connectivity index (χ4n) is 2.77.